The molecular weight excluding hydrogens is 252 g/mol. The molecular formula is C8H5BrF4. The highest BCUT2D eigenvalue weighted by atomic mass is 79.9. The second-order valence-corrected chi connectivity index (χ2v) is 3.41. The number of halogens is 5. The number of benzene rings is 1. The van der Waals surface area contributed by atoms with Crippen LogP contribution in [0.25, 0.3) is 0 Å². The van der Waals surface area contributed by atoms with Crippen LogP contribution in [0.15, 0.2) is 16.6 Å². The Morgan fingerprint density at radius 2 is 1.77 bits per heavy atom. The van der Waals surface area contributed by atoms with Gasteiger partial charge in [-0.1, -0.05) is 15.9 Å². The quantitative estimate of drug-likeness (QED) is 0.618. The molecule has 0 aliphatic carbocycles. The molecule has 0 nitrogen and oxygen atoms in total. The fourth-order valence-corrected chi connectivity index (χ4v) is 1.37. The highest BCUT2D eigenvalue weighted by molar-refractivity contribution is 9.10. The van der Waals surface area contributed by atoms with Crippen LogP contribution in [0.2, 0.25) is 0 Å². The van der Waals surface area contributed by atoms with E-state index in [4.69, 9.17) is 0 Å². The normalized spacial score (nSPS) is 11.8. The average molecular weight is 257 g/mol. The van der Waals surface area contributed by atoms with Gasteiger partial charge < -0.3 is 0 Å². The van der Waals surface area contributed by atoms with E-state index in [1.807, 2.05) is 0 Å². The molecule has 0 heterocycles. The smallest absolute Gasteiger partial charge is 0.207 e. The highest BCUT2D eigenvalue weighted by Gasteiger charge is 2.33. The maximum absolute atomic E-state index is 12.6. The Bertz CT molecular complexity index is 330. The van der Waals surface area contributed by atoms with Crippen molar-refractivity contribution in [2.75, 3.05) is 0 Å². The number of hydrogen-bond donors (Lipinski definition) is 0. The summed E-state index contributed by atoms with van der Waals surface area (Å²) in [6, 6.07) is 1.49. The molecule has 0 amide bonds. The second-order valence-electron chi connectivity index (χ2n) is 2.56. The predicted octanol–water partition coefficient (Wildman–Crippen LogP) is 3.92. The summed E-state index contributed by atoms with van der Waals surface area (Å²) < 4.78 is 49.4. The van der Waals surface area contributed by atoms with Crippen LogP contribution in [-0.2, 0) is 6.18 Å². The van der Waals surface area contributed by atoms with Gasteiger partial charge in [0.25, 0.3) is 0 Å². The molecule has 0 radical (unpaired) electrons. The molecule has 0 saturated carbocycles. The van der Waals surface area contributed by atoms with E-state index in [1.54, 1.807) is 0 Å². The zero-order valence-electron chi connectivity index (χ0n) is 6.54. The van der Waals surface area contributed by atoms with Crippen LogP contribution < -0.4 is 0 Å². The first kappa shape index (κ1) is 10.5. The van der Waals surface area contributed by atoms with Crippen molar-refractivity contribution in [3.05, 3.63) is 33.5 Å². The Balaban J connectivity index is 3.37. The van der Waals surface area contributed by atoms with E-state index >= 15 is 0 Å². The minimum atomic E-state index is -4.51. The molecule has 72 valence electrons. The first-order chi connectivity index (χ1) is 5.82. The molecule has 13 heavy (non-hydrogen) atoms. The lowest BCUT2D eigenvalue weighted by Crippen LogP contribution is -2.08. The van der Waals surface area contributed by atoms with Gasteiger partial charge in [0.1, 0.15) is 5.82 Å². The Morgan fingerprint density at radius 1 is 1.23 bits per heavy atom. The van der Waals surface area contributed by atoms with Gasteiger partial charge in [0.15, 0.2) is 0 Å². The van der Waals surface area contributed by atoms with Crippen LogP contribution in [0.1, 0.15) is 11.1 Å². The first-order valence-corrected chi connectivity index (χ1v) is 4.14. The van der Waals surface area contributed by atoms with Gasteiger partial charge in [0.05, 0.1) is 5.56 Å². The van der Waals surface area contributed by atoms with Gasteiger partial charge >= 0.3 is 6.18 Å². The van der Waals surface area contributed by atoms with Crippen molar-refractivity contribution in [3.8, 4) is 0 Å². The largest absolute Gasteiger partial charge is 0.416 e. The number of alkyl halides is 3. The van der Waals surface area contributed by atoms with Crippen LogP contribution in [0.5, 0.6) is 0 Å². The van der Waals surface area contributed by atoms with Gasteiger partial charge in [-0.05, 0) is 24.6 Å². The summed E-state index contributed by atoms with van der Waals surface area (Å²) >= 11 is 2.85. The molecule has 0 bridgehead atoms. The van der Waals surface area contributed by atoms with E-state index in [0.29, 0.717) is 6.07 Å². The van der Waals surface area contributed by atoms with Crippen molar-refractivity contribution >= 4 is 15.9 Å². The van der Waals surface area contributed by atoms with Gasteiger partial charge in [-0.2, -0.15) is 13.2 Å². The molecule has 0 aliphatic rings. The third-order valence-corrected chi connectivity index (χ3v) is 2.44. The van der Waals surface area contributed by atoms with E-state index in [0.717, 1.165) is 6.07 Å². The molecule has 0 saturated heterocycles. The standard InChI is InChI=1S/C8H5BrF4/c1-4-6(8(11,12)13)2-5(10)3-7(4)9/h2-3H,1H3. The van der Waals surface area contributed by atoms with Crippen molar-refractivity contribution in [3.63, 3.8) is 0 Å². The molecule has 1 aromatic rings. The molecule has 0 atom stereocenters. The third kappa shape index (κ3) is 2.21. The van der Waals surface area contributed by atoms with Crippen LogP contribution in [0.3, 0.4) is 0 Å². The van der Waals surface area contributed by atoms with Gasteiger partial charge in [0.2, 0.25) is 0 Å². The Kier molecular flexibility index (Phi) is 2.66. The van der Waals surface area contributed by atoms with E-state index < -0.39 is 17.6 Å². The van der Waals surface area contributed by atoms with Crippen LogP contribution in [0, 0.1) is 12.7 Å². The molecule has 0 unspecified atom stereocenters. The summed E-state index contributed by atoms with van der Waals surface area (Å²) in [6.07, 6.45) is -4.51. The van der Waals surface area contributed by atoms with Gasteiger partial charge in [0, 0.05) is 4.47 Å². The summed E-state index contributed by atoms with van der Waals surface area (Å²) in [5.41, 5.74) is -0.951. The van der Waals surface area contributed by atoms with Crippen molar-refractivity contribution < 1.29 is 17.6 Å². The van der Waals surface area contributed by atoms with E-state index in [9.17, 15) is 17.6 Å². The zero-order chi connectivity index (χ0) is 10.2. The molecule has 5 heteroatoms. The monoisotopic (exact) mass is 256 g/mol. The number of hydrogen-bond acceptors (Lipinski definition) is 0. The predicted molar refractivity (Wildman–Crippen MR) is 43.8 cm³/mol. The number of rotatable bonds is 0. The lowest BCUT2D eigenvalue weighted by atomic mass is 10.1. The van der Waals surface area contributed by atoms with Crippen LogP contribution in [0.4, 0.5) is 17.6 Å². The molecule has 0 aliphatic heterocycles. The lowest BCUT2D eigenvalue weighted by Gasteiger charge is -2.11. The molecule has 0 N–H and O–H groups in total. The van der Waals surface area contributed by atoms with Gasteiger partial charge in [-0.3, -0.25) is 0 Å². The molecule has 1 aromatic carbocycles. The minimum absolute atomic E-state index is 0.00565. The third-order valence-electron chi connectivity index (χ3n) is 1.61. The Morgan fingerprint density at radius 3 is 2.23 bits per heavy atom. The van der Waals surface area contributed by atoms with Gasteiger partial charge in [-0.25, -0.2) is 4.39 Å². The fourth-order valence-electron chi connectivity index (χ4n) is 0.940. The van der Waals surface area contributed by atoms with Crippen molar-refractivity contribution in [1.82, 2.24) is 0 Å². The Hall–Kier alpha value is -0.580. The Labute approximate surface area is 80.7 Å². The van der Waals surface area contributed by atoms with Crippen molar-refractivity contribution in [1.29, 1.82) is 0 Å². The molecule has 0 aromatic heterocycles. The maximum Gasteiger partial charge on any atom is 0.416 e. The SMILES string of the molecule is Cc1c(Br)cc(F)cc1C(F)(F)F. The summed E-state index contributed by atoms with van der Waals surface area (Å²) in [7, 11) is 0. The zero-order valence-corrected chi connectivity index (χ0v) is 8.13. The maximum atomic E-state index is 12.6. The highest BCUT2D eigenvalue weighted by Crippen LogP contribution is 2.35. The van der Waals surface area contributed by atoms with Gasteiger partial charge in [-0.15, -0.1) is 0 Å². The summed E-state index contributed by atoms with van der Waals surface area (Å²) in [6.45, 7) is 1.28. The first-order valence-electron chi connectivity index (χ1n) is 3.35. The fraction of sp³-hybridized carbons (Fsp3) is 0.250. The molecule has 0 fully saturated rings. The van der Waals surface area contributed by atoms with Crippen molar-refractivity contribution in [2.24, 2.45) is 0 Å². The summed E-state index contributed by atoms with van der Waals surface area (Å²) in [5.74, 6) is -0.898. The van der Waals surface area contributed by atoms with Crippen molar-refractivity contribution in [2.45, 2.75) is 13.1 Å². The lowest BCUT2D eigenvalue weighted by molar-refractivity contribution is -0.138. The topological polar surface area (TPSA) is 0 Å². The van der Waals surface area contributed by atoms with E-state index in [1.165, 1.54) is 6.92 Å². The minimum Gasteiger partial charge on any atom is -0.207 e. The van der Waals surface area contributed by atoms with Crippen LogP contribution in [-0.4, -0.2) is 0 Å². The molecule has 1 rings (SSSR count). The van der Waals surface area contributed by atoms with E-state index in [-0.39, 0.29) is 10.0 Å². The average Bonchev–Trinajstić information content (AvgIpc) is 1.94. The molecule has 0 spiro atoms. The second kappa shape index (κ2) is 3.29. The summed E-state index contributed by atoms with van der Waals surface area (Å²) in [4.78, 5) is 0. The van der Waals surface area contributed by atoms with Crippen LogP contribution >= 0.6 is 15.9 Å². The van der Waals surface area contributed by atoms with E-state index in [2.05, 4.69) is 15.9 Å². The summed E-state index contributed by atoms with van der Waals surface area (Å²) in [5, 5.41) is 0.